The average Bonchev–Trinajstić information content (AvgIpc) is 2.60. The van der Waals surface area contributed by atoms with Crippen LogP contribution in [0.25, 0.3) is 0 Å². The second-order valence-electron chi connectivity index (χ2n) is 6.25. The van der Waals surface area contributed by atoms with Gasteiger partial charge in [-0.3, -0.25) is 0 Å². The smallest absolute Gasteiger partial charge is 0.435 e. The van der Waals surface area contributed by atoms with Crippen LogP contribution < -0.4 is 0 Å². The van der Waals surface area contributed by atoms with Crippen LogP contribution in [-0.2, 0) is 9.47 Å². The van der Waals surface area contributed by atoms with Crippen LogP contribution in [0.1, 0.15) is 53.5 Å². The van der Waals surface area contributed by atoms with E-state index in [4.69, 9.17) is 9.47 Å². The molecule has 1 atom stereocenters. The van der Waals surface area contributed by atoms with Crippen molar-refractivity contribution in [3.05, 3.63) is 18.0 Å². The Hall–Kier alpha value is -1.40. The lowest BCUT2D eigenvalue weighted by Gasteiger charge is -2.22. The summed E-state index contributed by atoms with van der Waals surface area (Å²) in [5.41, 5.74) is -0.834. The predicted molar refractivity (Wildman–Crippen MR) is 69.7 cm³/mol. The molecule has 0 saturated heterocycles. The number of carbonyl (C=O) groups is 1. The minimum absolute atomic E-state index is 0.265. The summed E-state index contributed by atoms with van der Waals surface area (Å²) in [5.74, 6) is 0. The van der Waals surface area contributed by atoms with E-state index in [2.05, 4.69) is 5.10 Å². The molecule has 1 unspecified atom stereocenters. The lowest BCUT2D eigenvalue weighted by Crippen LogP contribution is -2.27. The Labute approximate surface area is 113 Å². The fourth-order valence-electron chi connectivity index (χ4n) is 1.28. The molecule has 1 rings (SSSR count). The van der Waals surface area contributed by atoms with Gasteiger partial charge in [-0.1, -0.05) is 0 Å². The topological polar surface area (TPSA) is 73.6 Å². The Bertz CT molecular complexity index is 440. The third-order valence-corrected chi connectivity index (χ3v) is 1.91. The van der Waals surface area contributed by atoms with Crippen molar-refractivity contribution in [1.82, 2.24) is 9.78 Å². The van der Waals surface area contributed by atoms with Gasteiger partial charge in [0.2, 0.25) is 6.29 Å². The fraction of sp³-hybridized carbons (Fsp3) is 0.692. The Kier molecular flexibility index (Phi) is 4.37. The molecule has 0 saturated carbocycles. The second kappa shape index (κ2) is 5.30. The number of aliphatic hydroxyl groups excluding tert-OH is 1. The van der Waals surface area contributed by atoms with E-state index in [1.54, 1.807) is 20.8 Å². The maximum atomic E-state index is 11.7. The number of hydrogen-bond acceptors (Lipinski definition) is 5. The van der Waals surface area contributed by atoms with Crippen LogP contribution in [0, 0.1) is 0 Å². The van der Waals surface area contributed by atoms with Gasteiger partial charge in [0.25, 0.3) is 0 Å². The molecule has 108 valence electrons. The molecule has 0 aromatic carbocycles. The number of aromatic nitrogens is 2. The van der Waals surface area contributed by atoms with Crippen LogP contribution in [0.15, 0.2) is 12.3 Å². The molecule has 0 amide bonds. The van der Waals surface area contributed by atoms with Gasteiger partial charge in [-0.2, -0.15) is 9.78 Å². The third-order valence-electron chi connectivity index (χ3n) is 1.91. The molecule has 0 aliphatic heterocycles. The Morgan fingerprint density at radius 2 is 1.84 bits per heavy atom. The second-order valence-corrected chi connectivity index (χ2v) is 6.25. The normalized spacial score (nSPS) is 14.3. The van der Waals surface area contributed by atoms with Crippen LogP contribution >= 0.6 is 0 Å². The van der Waals surface area contributed by atoms with Crippen molar-refractivity contribution in [2.75, 3.05) is 0 Å². The fourth-order valence-corrected chi connectivity index (χ4v) is 1.28. The van der Waals surface area contributed by atoms with Crippen LogP contribution in [0.4, 0.5) is 4.79 Å². The van der Waals surface area contributed by atoms with Crippen molar-refractivity contribution in [2.45, 2.75) is 59.0 Å². The SMILES string of the molecule is CC(C)(C)OC(=O)n1ccc(C(O)OC(C)(C)C)n1. The highest BCUT2D eigenvalue weighted by molar-refractivity contribution is 5.69. The van der Waals surface area contributed by atoms with E-state index in [0.29, 0.717) is 0 Å². The molecule has 0 fully saturated rings. The first-order valence-electron chi connectivity index (χ1n) is 6.13. The van der Waals surface area contributed by atoms with Gasteiger partial charge in [-0.05, 0) is 47.6 Å². The molecule has 1 N–H and O–H groups in total. The predicted octanol–water partition coefficient (Wildman–Crippen LogP) is 2.47. The molecule has 19 heavy (non-hydrogen) atoms. The van der Waals surface area contributed by atoms with Crippen LogP contribution in [0.2, 0.25) is 0 Å². The summed E-state index contributed by atoms with van der Waals surface area (Å²) in [6.45, 7) is 10.8. The first-order chi connectivity index (χ1) is 8.48. The third kappa shape index (κ3) is 5.40. The van der Waals surface area contributed by atoms with E-state index < -0.39 is 23.6 Å². The Balaban J connectivity index is 2.74. The van der Waals surface area contributed by atoms with E-state index in [1.807, 2.05) is 20.8 Å². The van der Waals surface area contributed by atoms with Gasteiger partial charge in [0, 0.05) is 6.20 Å². The maximum absolute atomic E-state index is 11.7. The molecule has 0 aliphatic carbocycles. The molecule has 0 spiro atoms. The molecule has 1 heterocycles. The molecule has 1 aromatic heterocycles. The van der Waals surface area contributed by atoms with Gasteiger partial charge >= 0.3 is 6.09 Å². The molecule has 0 radical (unpaired) electrons. The van der Waals surface area contributed by atoms with Gasteiger partial charge in [0.15, 0.2) is 0 Å². The number of rotatable bonds is 2. The summed E-state index contributed by atoms with van der Waals surface area (Å²) in [5, 5.41) is 13.8. The molecule has 1 aromatic rings. The quantitative estimate of drug-likeness (QED) is 0.836. The van der Waals surface area contributed by atoms with E-state index in [9.17, 15) is 9.90 Å². The summed E-state index contributed by atoms with van der Waals surface area (Å²) in [7, 11) is 0. The van der Waals surface area contributed by atoms with Crippen LogP contribution in [0.3, 0.4) is 0 Å². The first kappa shape index (κ1) is 15.7. The molecule has 0 bridgehead atoms. The van der Waals surface area contributed by atoms with Crippen molar-refractivity contribution in [3.8, 4) is 0 Å². The summed E-state index contributed by atoms with van der Waals surface area (Å²) in [6.07, 6.45) is -0.344. The summed E-state index contributed by atoms with van der Waals surface area (Å²) >= 11 is 0. The number of ether oxygens (including phenoxy) is 2. The molecular formula is C13H22N2O4. The number of nitrogens with zero attached hydrogens (tertiary/aromatic N) is 2. The van der Waals surface area contributed by atoms with Gasteiger partial charge in [-0.15, -0.1) is 0 Å². The van der Waals surface area contributed by atoms with Crippen molar-refractivity contribution in [2.24, 2.45) is 0 Å². The monoisotopic (exact) mass is 270 g/mol. The maximum Gasteiger partial charge on any atom is 0.435 e. The van der Waals surface area contributed by atoms with Crippen molar-refractivity contribution < 1.29 is 19.4 Å². The van der Waals surface area contributed by atoms with Gasteiger partial charge in [0.05, 0.1) is 5.60 Å². The van der Waals surface area contributed by atoms with E-state index in [-0.39, 0.29) is 5.69 Å². The van der Waals surface area contributed by atoms with Crippen molar-refractivity contribution >= 4 is 6.09 Å². The number of aliphatic hydroxyl groups is 1. The van der Waals surface area contributed by atoms with Gasteiger partial charge in [0.1, 0.15) is 11.3 Å². The average molecular weight is 270 g/mol. The van der Waals surface area contributed by atoms with E-state index in [0.717, 1.165) is 4.68 Å². The molecule has 6 nitrogen and oxygen atoms in total. The molecule has 0 aliphatic rings. The zero-order valence-corrected chi connectivity index (χ0v) is 12.3. The highest BCUT2D eigenvalue weighted by atomic mass is 16.6. The Morgan fingerprint density at radius 1 is 1.26 bits per heavy atom. The van der Waals surface area contributed by atoms with Gasteiger partial charge < -0.3 is 14.6 Å². The highest BCUT2D eigenvalue weighted by Gasteiger charge is 2.22. The summed E-state index contributed by atoms with van der Waals surface area (Å²) < 4.78 is 11.5. The molecular weight excluding hydrogens is 248 g/mol. The van der Waals surface area contributed by atoms with E-state index in [1.165, 1.54) is 12.3 Å². The largest absolute Gasteiger partial charge is 0.442 e. The summed E-state index contributed by atoms with van der Waals surface area (Å²) in [6, 6.07) is 1.51. The first-order valence-corrected chi connectivity index (χ1v) is 6.13. The number of hydrogen-bond donors (Lipinski definition) is 1. The molecule has 6 heteroatoms. The minimum Gasteiger partial charge on any atom is -0.442 e. The van der Waals surface area contributed by atoms with Crippen molar-refractivity contribution in [3.63, 3.8) is 0 Å². The van der Waals surface area contributed by atoms with E-state index >= 15 is 0 Å². The van der Waals surface area contributed by atoms with Crippen LogP contribution in [0.5, 0.6) is 0 Å². The summed E-state index contributed by atoms with van der Waals surface area (Å²) in [4.78, 5) is 11.7. The Morgan fingerprint density at radius 3 is 2.32 bits per heavy atom. The zero-order chi connectivity index (χ0) is 14.8. The standard InChI is InChI=1S/C13H22N2O4/c1-12(2,3)18-10(16)9-7-8-15(14-9)11(17)19-13(4,5)6/h7-8,10,16H,1-6H3. The number of carbonyl (C=O) groups excluding carboxylic acids is 1. The minimum atomic E-state index is -1.18. The highest BCUT2D eigenvalue weighted by Crippen LogP contribution is 2.20. The lowest BCUT2D eigenvalue weighted by molar-refractivity contribution is -0.171. The van der Waals surface area contributed by atoms with Crippen molar-refractivity contribution in [1.29, 1.82) is 0 Å². The van der Waals surface area contributed by atoms with Gasteiger partial charge in [-0.25, -0.2) is 4.79 Å². The zero-order valence-electron chi connectivity index (χ0n) is 12.3. The lowest BCUT2D eigenvalue weighted by atomic mass is 10.2. The van der Waals surface area contributed by atoms with Crippen LogP contribution in [-0.4, -0.2) is 32.2 Å².